The Morgan fingerprint density at radius 1 is 1.55 bits per heavy atom. The standard InChI is InChI=1S/C13H21N5O2/c1-2-20-12-3-6-15-13(17-12)16-10-4-7-18(8-5-10)9-11(14)19/h3,6,10H,2,4-5,7-9H2,1H3,(H2,14,19)(H,15,16,17). The number of primary amides is 1. The number of nitrogens with two attached hydrogens (primary N) is 1. The van der Waals surface area contributed by atoms with Crippen molar-refractivity contribution in [2.45, 2.75) is 25.8 Å². The zero-order valence-corrected chi connectivity index (χ0v) is 11.7. The molecule has 1 saturated heterocycles. The van der Waals surface area contributed by atoms with E-state index in [2.05, 4.69) is 20.2 Å². The Kier molecular flexibility index (Phi) is 5.11. The summed E-state index contributed by atoms with van der Waals surface area (Å²) >= 11 is 0. The summed E-state index contributed by atoms with van der Waals surface area (Å²) in [5.41, 5.74) is 5.20. The number of piperidine rings is 1. The van der Waals surface area contributed by atoms with E-state index in [0.29, 0.717) is 31.0 Å². The van der Waals surface area contributed by atoms with Gasteiger partial charge in [0.15, 0.2) is 0 Å². The highest BCUT2D eigenvalue weighted by Gasteiger charge is 2.20. The first kappa shape index (κ1) is 14.5. The number of carbonyl (C=O) groups excluding carboxylic acids is 1. The Bertz CT molecular complexity index is 446. The van der Waals surface area contributed by atoms with Crippen LogP contribution in [-0.4, -0.2) is 53.1 Å². The zero-order valence-electron chi connectivity index (χ0n) is 11.7. The number of amides is 1. The van der Waals surface area contributed by atoms with Crippen molar-refractivity contribution in [1.82, 2.24) is 14.9 Å². The van der Waals surface area contributed by atoms with Gasteiger partial charge in [-0.3, -0.25) is 9.69 Å². The summed E-state index contributed by atoms with van der Waals surface area (Å²) in [6.45, 7) is 4.55. The molecular formula is C13H21N5O2. The Morgan fingerprint density at radius 3 is 2.95 bits per heavy atom. The predicted octanol–water partition coefficient (Wildman–Crippen LogP) is 0.237. The minimum absolute atomic E-state index is 0.274. The maximum absolute atomic E-state index is 10.9. The van der Waals surface area contributed by atoms with Gasteiger partial charge >= 0.3 is 0 Å². The average Bonchev–Trinajstić information content (AvgIpc) is 2.41. The highest BCUT2D eigenvalue weighted by molar-refractivity contribution is 5.75. The summed E-state index contributed by atoms with van der Waals surface area (Å²) in [4.78, 5) is 21.4. The minimum atomic E-state index is -0.274. The maximum atomic E-state index is 10.9. The molecule has 0 aliphatic carbocycles. The first-order chi connectivity index (χ1) is 9.67. The molecule has 1 aliphatic heterocycles. The molecule has 0 saturated carbocycles. The van der Waals surface area contributed by atoms with Crippen molar-refractivity contribution in [3.63, 3.8) is 0 Å². The quantitative estimate of drug-likeness (QED) is 0.774. The van der Waals surface area contributed by atoms with Crippen molar-refractivity contribution >= 4 is 11.9 Å². The van der Waals surface area contributed by atoms with Gasteiger partial charge in [-0.25, -0.2) is 4.98 Å². The van der Waals surface area contributed by atoms with Gasteiger partial charge in [0.25, 0.3) is 0 Å². The molecule has 110 valence electrons. The molecule has 2 heterocycles. The van der Waals surface area contributed by atoms with Crippen LogP contribution in [0.1, 0.15) is 19.8 Å². The number of rotatable bonds is 6. The zero-order chi connectivity index (χ0) is 14.4. The van der Waals surface area contributed by atoms with E-state index in [1.54, 1.807) is 12.3 Å². The molecule has 1 aliphatic rings. The summed E-state index contributed by atoms with van der Waals surface area (Å²) in [6.07, 6.45) is 3.56. The van der Waals surface area contributed by atoms with Gasteiger partial charge in [0, 0.05) is 31.4 Å². The van der Waals surface area contributed by atoms with E-state index < -0.39 is 0 Å². The molecule has 1 aromatic rings. The molecule has 20 heavy (non-hydrogen) atoms. The Balaban J connectivity index is 1.83. The predicted molar refractivity (Wildman–Crippen MR) is 75.5 cm³/mol. The molecule has 0 spiro atoms. The smallest absolute Gasteiger partial charge is 0.231 e. The molecule has 0 atom stereocenters. The number of hydrogen-bond acceptors (Lipinski definition) is 6. The van der Waals surface area contributed by atoms with Gasteiger partial charge in [-0.05, 0) is 19.8 Å². The monoisotopic (exact) mass is 279 g/mol. The molecular weight excluding hydrogens is 258 g/mol. The van der Waals surface area contributed by atoms with E-state index >= 15 is 0 Å². The Morgan fingerprint density at radius 2 is 2.30 bits per heavy atom. The van der Waals surface area contributed by atoms with Crippen molar-refractivity contribution in [3.8, 4) is 5.88 Å². The van der Waals surface area contributed by atoms with Gasteiger partial charge in [-0.1, -0.05) is 0 Å². The fourth-order valence-electron chi connectivity index (χ4n) is 2.28. The van der Waals surface area contributed by atoms with Crippen LogP contribution in [0.5, 0.6) is 5.88 Å². The summed E-state index contributed by atoms with van der Waals surface area (Å²) in [6, 6.07) is 2.06. The van der Waals surface area contributed by atoms with E-state index in [9.17, 15) is 4.79 Å². The van der Waals surface area contributed by atoms with Crippen LogP contribution in [0.15, 0.2) is 12.3 Å². The van der Waals surface area contributed by atoms with Crippen LogP contribution in [0.25, 0.3) is 0 Å². The second-order valence-electron chi connectivity index (χ2n) is 4.81. The molecule has 3 N–H and O–H groups in total. The minimum Gasteiger partial charge on any atom is -0.478 e. The van der Waals surface area contributed by atoms with Crippen LogP contribution in [0.2, 0.25) is 0 Å². The molecule has 0 aromatic carbocycles. The molecule has 7 nitrogen and oxygen atoms in total. The fraction of sp³-hybridized carbons (Fsp3) is 0.615. The Hall–Kier alpha value is -1.89. The van der Waals surface area contributed by atoms with Gasteiger partial charge in [-0.2, -0.15) is 4.98 Å². The third-order valence-electron chi connectivity index (χ3n) is 3.22. The van der Waals surface area contributed by atoms with E-state index in [4.69, 9.17) is 10.5 Å². The highest BCUT2D eigenvalue weighted by Crippen LogP contribution is 2.15. The fourth-order valence-corrected chi connectivity index (χ4v) is 2.28. The molecule has 1 aromatic heterocycles. The van der Waals surface area contributed by atoms with E-state index in [1.165, 1.54) is 0 Å². The number of nitrogens with zero attached hydrogens (tertiary/aromatic N) is 3. The van der Waals surface area contributed by atoms with Crippen LogP contribution in [0.3, 0.4) is 0 Å². The van der Waals surface area contributed by atoms with Crippen molar-refractivity contribution in [1.29, 1.82) is 0 Å². The van der Waals surface area contributed by atoms with Crippen LogP contribution in [0, 0.1) is 0 Å². The van der Waals surface area contributed by atoms with Gasteiger partial charge < -0.3 is 15.8 Å². The van der Waals surface area contributed by atoms with Gasteiger partial charge in [0.2, 0.25) is 17.7 Å². The first-order valence-corrected chi connectivity index (χ1v) is 6.90. The number of aromatic nitrogens is 2. The van der Waals surface area contributed by atoms with Crippen LogP contribution >= 0.6 is 0 Å². The molecule has 0 bridgehead atoms. The molecule has 1 amide bonds. The third kappa shape index (κ3) is 4.34. The van der Waals surface area contributed by atoms with Crippen LogP contribution in [-0.2, 0) is 4.79 Å². The maximum Gasteiger partial charge on any atom is 0.231 e. The van der Waals surface area contributed by atoms with Crippen molar-refractivity contribution in [2.24, 2.45) is 5.73 Å². The number of hydrogen-bond donors (Lipinski definition) is 2. The normalized spacial score (nSPS) is 16.9. The van der Waals surface area contributed by atoms with Gasteiger partial charge in [0.1, 0.15) is 0 Å². The number of carbonyl (C=O) groups is 1. The average molecular weight is 279 g/mol. The number of likely N-dealkylation sites (tertiary alicyclic amines) is 1. The Labute approximate surface area is 118 Å². The van der Waals surface area contributed by atoms with E-state index in [1.807, 2.05) is 6.92 Å². The van der Waals surface area contributed by atoms with E-state index in [0.717, 1.165) is 25.9 Å². The first-order valence-electron chi connectivity index (χ1n) is 6.90. The molecule has 1 fully saturated rings. The lowest BCUT2D eigenvalue weighted by atomic mass is 10.1. The largest absolute Gasteiger partial charge is 0.478 e. The van der Waals surface area contributed by atoms with Crippen LogP contribution in [0.4, 0.5) is 5.95 Å². The topological polar surface area (TPSA) is 93.4 Å². The molecule has 0 radical (unpaired) electrons. The summed E-state index contributed by atoms with van der Waals surface area (Å²) in [5, 5.41) is 3.31. The molecule has 2 rings (SSSR count). The number of anilines is 1. The summed E-state index contributed by atoms with van der Waals surface area (Å²) in [5.74, 6) is 0.893. The number of nitrogens with one attached hydrogen (secondary N) is 1. The highest BCUT2D eigenvalue weighted by atomic mass is 16.5. The van der Waals surface area contributed by atoms with Crippen molar-refractivity contribution < 1.29 is 9.53 Å². The SMILES string of the molecule is CCOc1ccnc(NC2CCN(CC(N)=O)CC2)n1. The number of ether oxygens (including phenoxy) is 1. The lowest BCUT2D eigenvalue weighted by Crippen LogP contribution is -2.43. The lowest BCUT2D eigenvalue weighted by molar-refractivity contribution is -0.119. The van der Waals surface area contributed by atoms with Crippen molar-refractivity contribution in [2.75, 3.05) is 31.6 Å². The van der Waals surface area contributed by atoms with E-state index in [-0.39, 0.29) is 5.91 Å². The van der Waals surface area contributed by atoms with Gasteiger partial charge in [0.05, 0.1) is 13.2 Å². The summed E-state index contributed by atoms with van der Waals surface area (Å²) < 4.78 is 5.35. The van der Waals surface area contributed by atoms with Crippen molar-refractivity contribution in [3.05, 3.63) is 12.3 Å². The second kappa shape index (κ2) is 7.04. The summed E-state index contributed by atoms with van der Waals surface area (Å²) in [7, 11) is 0. The van der Waals surface area contributed by atoms with Crippen LogP contribution < -0.4 is 15.8 Å². The lowest BCUT2D eigenvalue weighted by Gasteiger charge is -2.31. The molecule has 7 heteroatoms. The second-order valence-corrected chi connectivity index (χ2v) is 4.81. The van der Waals surface area contributed by atoms with Gasteiger partial charge in [-0.15, -0.1) is 0 Å². The third-order valence-corrected chi connectivity index (χ3v) is 3.22. The molecule has 0 unspecified atom stereocenters.